The monoisotopic (exact) mass is 500 g/mol. The minimum atomic E-state index is -3.88. The molecular formula is C23H30Cl2N2O4S. The lowest BCUT2D eigenvalue weighted by Crippen LogP contribution is -2.51. The third kappa shape index (κ3) is 4.56. The number of ether oxygens (including phenoxy) is 1. The summed E-state index contributed by atoms with van der Waals surface area (Å²) in [5, 5.41) is 2.94. The van der Waals surface area contributed by atoms with Gasteiger partial charge in [-0.15, -0.1) is 0 Å². The van der Waals surface area contributed by atoms with Crippen LogP contribution in [-0.2, 0) is 14.8 Å². The number of hydrogen-bond donors (Lipinski definition) is 2. The standard InChI is InChI=1S/C23H30Cl2N2O4S/c24-19-8-20(25)21(7-18(19)22(28)26-12-17-2-1-3-31-17)32(29,30)27-13-23-9-14-4-15(10-23)6-16(5-14)11-23/h7-8,14-17,27H,1-6,9-13H2,(H,26,28). The predicted octanol–water partition coefficient (Wildman–Crippen LogP) is 4.40. The van der Waals surface area contributed by atoms with Crippen LogP contribution in [0, 0.1) is 23.2 Å². The molecule has 0 spiro atoms. The molecule has 0 aromatic heterocycles. The number of nitrogens with one attached hydrogen (secondary N) is 2. The Bertz CT molecular complexity index is 972. The van der Waals surface area contributed by atoms with E-state index in [0.29, 0.717) is 19.7 Å². The van der Waals surface area contributed by atoms with Crippen molar-refractivity contribution in [3.63, 3.8) is 0 Å². The lowest BCUT2D eigenvalue weighted by atomic mass is 9.50. The average Bonchev–Trinajstić information content (AvgIpc) is 3.23. The zero-order chi connectivity index (χ0) is 22.5. The topological polar surface area (TPSA) is 84.5 Å². The highest BCUT2D eigenvalue weighted by Gasteiger charge is 2.51. The molecule has 1 saturated heterocycles. The van der Waals surface area contributed by atoms with E-state index in [9.17, 15) is 13.2 Å². The van der Waals surface area contributed by atoms with Gasteiger partial charge in [-0.25, -0.2) is 13.1 Å². The number of rotatable bonds is 7. The molecule has 9 heteroatoms. The van der Waals surface area contributed by atoms with Crippen LogP contribution in [0.3, 0.4) is 0 Å². The minimum absolute atomic E-state index is 0.0173. The van der Waals surface area contributed by atoms with Gasteiger partial charge in [0.1, 0.15) is 4.90 Å². The highest BCUT2D eigenvalue weighted by molar-refractivity contribution is 7.89. The highest BCUT2D eigenvalue weighted by Crippen LogP contribution is 2.59. The lowest BCUT2D eigenvalue weighted by molar-refractivity contribution is -0.0487. The number of halogens is 2. The van der Waals surface area contributed by atoms with Gasteiger partial charge in [0.2, 0.25) is 10.0 Å². The Balaban J connectivity index is 1.30. The summed E-state index contributed by atoms with van der Waals surface area (Å²) < 4.78 is 34.8. The number of benzene rings is 1. The summed E-state index contributed by atoms with van der Waals surface area (Å²) in [6.45, 7) is 1.49. The maximum atomic E-state index is 13.2. The van der Waals surface area contributed by atoms with Crippen molar-refractivity contribution in [3.05, 3.63) is 27.7 Å². The molecule has 5 aliphatic rings. The van der Waals surface area contributed by atoms with Crippen molar-refractivity contribution in [3.8, 4) is 0 Å². The molecule has 32 heavy (non-hydrogen) atoms. The molecule has 6 nitrogen and oxygen atoms in total. The maximum Gasteiger partial charge on any atom is 0.252 e. The van der Waals surface area contributed by atoms with Gasteiger partial charge in [-0.3, -0.25) is 4.79 Å². The molecule has 1 unspecified atom stereocenters. The molecule has 4 bridgehead atoms. The number of carbonyl (C=O) groups excluding carboxylic acids is 1. The average molecular weight is 501 g/mol. The fourth-order valence-corrected chi connectivity index (χ4v) is 8.86. The molecule has 6 rings (SSSR count). The van der Waals surface area contributed by atoms with Crippen LogP contribution >= 0.6 is 23.2 Å². The van der Waals surface area contributed by atoms with Crippen molar-refractivity contribution in [2.75, 3.05) is 19.7 Å². The second-order valence-corrected chi connectivity index (χ2v) is 12.9. The van der Waals surface area contributed by atoms with Crippen LogP contribution in [0.2, 0.25) is 10.0 Å². The summed E-state index contributed by atoms with van der Waals surface area (Å²) in [6.07, 6.45) is 9.07. The Morgan fingerprint density at radius 3 is 2.31 bits per heavy atom. The molecule has 176 valence electrons. The van der Waals surface area contributed by atoms with Gasteiger partial charge in [0.25, 0.3) is 5.91 Å². The fourth-order valence-electron chi connectivity index (χ4n) is 6.85. The van der Waals surface area contributed by atoms with Gasteiger partial charge >= 0.3 is 0 Å². The Kier molecular flexibility index (Phi) is 6.25. The number of sulfonamides is 1. The first-order valence-corrected chi connectivity index (χ1v) is 13.9. The van der Waals surface area contributed by atoms with E-state index in [1.54, 1.807) is 0 Å². The Morgan fingerprint density at radius 1 is 1.06 bits per heavy atom. The molecule has 1 atom stereocenters. The molecule has 1 amide bonds. The normalized spacial score (nSPS) is 33.6. The van der Waals surface area contributed by atoms with Crippen molar-refractivity contribution < 1.29 is 17.9 Å². The first-order chi connectivity index (χ1) is 15.2. The van der Waals surface area contributed by atoms with Gasteiger partial charge in [-0.05, 0) is 86.7 Å². The van der Waals surface area contributed by atoms with Crippen molar-refractivity contribution in [1.29, 1.82) is 0 Å². The molecule has 4 saturated carbocycles. The second-order valence-electron chi connectivity index (χ2n) is 10.3. The van der Waals surface area contributed by atoms with E-state index in [1.807, 2.05) is 0 Å². The summed E-state index contributed by atoms with van der Waals surface area (Å²) in [7, 11) is -3.88. The SMILES string of the molecule is O=C(NCC1CCCO1)c1cc(S(=O)(=O)NCC23CC4CC(CC(C4)C2)C3)c(Cl)cc1Cl. The fraction of sp³-hybridized carbons (Fsp3) is 0.696. The van der Waals surface area contributed by atoms with E-state index in [0.717, 1.165) is 49.9 Å². The summed E-state index contributed by atoms with van der Waals surface area (Å²) in [5.74, 6) is 1.79. The molecule has 0 radical (unpaired) electrons. The van der Waals surface area contributed by atoms with E-state index >= 15 is 0 Å². The van der Waals surface area contributed by atoms with Crippen LogP contribution in [0.4, 0.5) is 0 Å². The van der Waals surface area contributed by atoms with Crippen LogP contribution < -0.4 is 10.0 Å². The van der Waals surface area contributed by atoms with E-state index in [4.69, 9.17) is 27.9 Å². The van der Waals surface area contributed by atoms with Crippen molar-refractivity contribution in [2.45, 2.75) is 62.4 Å². The first kappa shape index (κ1) is 22.9. The Labute approximate surface area is 199 Å². The van der Waals surface area contributed by atoms with Gasteiger partial charge < -0.3 is 10.1 Å². The van der Waals surface area contributed by atoms with Crippen molar-refractivity contribution in [1.82, 2.24) is 10.0 Å². The Morgan fingerprint density at radius 2 is 1.72 bits per heavy atom. The molecule has 2 N–H and O–H groups in total. The van der Waals surface area contributed by atoms with Crippen LogP contribution in [-0.4, -0.2) is 40.1 Å². The molecule has 1 heterocycles. The van der Waals surface area contributed by atoms with Gasteiger partial charge in [0, 0.05) is 19.7 Å². The number of carbonyl (C=O) groups is 1. The van der Waals surface area contributed by atoms with Gasteiger partial charge in [0.05, 0.1) is 21.7 Å². The third-order valence-corrected chi connectivity index (χ3v) is 10.1. The van der Waals surface area contributed by atoms with Crippen LogP contribution in [0.25, 0.3) is 0 Å². The zero-order valence-electron chi connectivity index (χ0n) is 18.0. The molecule has 1 aromatic rings. The lowest BCUT2D eigenvalue weighted by Gasteiger charge is -2.56. The summed E-state index contributed by atoms with van der Waals surface area (Å²) >= 11 is 12.5. The first-order valence-electron chi connectivity index (χ1n) is 11.6. The quantitative estimate of drug-likeness (QED) is 0.580. The van der Waals surface area contributed by atoms with E-state index in [1.165, 1.54) is 31.4 Å². The predicted molar refractivity (Wildman–Crippen MR) is 124 cm³/mol. The van der Waals surface area contributed by atoms with Crippen LogP contribution in [0.5, 0.6) is 0 Å². The largest absolute Gasteiger partial charge is 0.376 e. The number of amides is 1. The van der Waals surface area contributed by atoms with Crippen molar-refractivity contribution >= 4 is 39.1 Å². The van der Waals surface area contributed by atoms with E-state index in [-0.39, 0.29) is 32.0 Å². The van der Waals surface area contributed by atoms with Gasteiger partial charge in [-0.1, -0.05) is 23.2 Å². The molecule has 1 aromatic carbocycles. The second kappa shape index (κ2) is 8.73. The zero-order valence-corrected chi connectivity index (χ0v) is 20.4. The van der Waals surface area contributed by atoms with Crippen LogP contribution in [0.15, 0.2) is 17.0 Å². The van der Waals surface area contributed by atoms with Gasteiger partial charge in [0.15, 0.2) is 0 Å². The van der Waals surface area contributed by atoms with Crippen molar-refractivity contribution in [2.24, 2.45) is 23.2 Å². The summed E-state index contributed by atoms with van der Waals surface area (Å²) in [5.41, 5.74) is 0.159. The maximum absolute atomic E-state index is 13.2. The Hall–Kier alpha value is -0.860. The third-order valence-electron chi connectivity index (χ3n) is 7.87. The summed E-state index contributed by atoms with van der Waals surface area (Å²) in [6, 6.07) is 2.63. The van der Waals surface area contributed by atoms with Gasteiger partial charge in [-0.2, -0.15) is 0 Å². The smallest absolute Gasteiger partial charge is 0.252 e. The van der Waals surface area contributed by atoms with E-state index < -0.39 is 15.9 Å². The molecule has 5 fully saturated rings. The molecule has 1 aliphatic heterocycles. The minimum Gasteiger partial charge on any atom is -0.376 e. The number of hydrogen-bond acceptors (Lipinski definition) is 4. The van der Waals surface area contributed by atoms with E-state index in [2.05, 4.69) is 10.0 Å². The highest BCUT2D eigenvalue weighted by atomic mass is 35.5. The summed E-state index contributed by atoms with van der Waals surface area (Å²) in [4.78, 5) is 12.6. The molecule has 4 aliphatic carbocycles. The van der Waals surface area contributed by atoms with Crippen LogP contribution in [0.1, 0.15) is 61.7 Å². The molecular weight excluding hydrogens is 471 g/mol.